The lowest BCUT2D eigenvalue weighted by molar-refractivity contribution is 0.359. The van der Waals surface area contributed by atoms with E-state index in [2.05, 4.69) is 5.32 Å². The Morgan fingerprint density at radius 3 is 2.39 bits per heavy atom. The molecule has 1 aliphatic heterocycles. The topological polar surface area (TPSA) is 30.5 Å². The largest absolute Gasteiger partial charge is 0.496 e. The van der Waals surface area contributed by atoms with Crippen LogP contribution in [0.4, 0.5) is 4.39 Å². The van der Waals surface area contributed by atoms with Crippen LogP contribution in [0.25, 0.3) is 0 Å². The van der Waals surface area contributed by atoms with Crippen LogP contribution < -0.4 is 14.8 Å². The molecule has 1 aromatic rings. The normalized spacial score (nSPS) is 19.6. The predicted molar refractivity (Wildman–Crippen MR) is 68.8 cm³/mol. The number of benzene rings is 1. The lowest BCUT2D eigenvalue weighted by Gasteiger charge is -2.25. The summed E-state index contributed by atoms with van der Waals surface area (Å²) >= 11 is 0. The van der Waals surface area contributed by atoms with Gasteiger partial charge in [-0.25, -0.2) is 4.39 Å². The van der Waals surface area contributed by atoms with E-state index in [1.807, 2.05) is 0 Å². The molecule has 0 amide bonds. The van der Waals surface area contributed by atoms with E-state index in [0.29, 0.717) is 17.5 Å². The maximum absolute atomic E-state index is 13.4. The van der Waals surface area contributed by atoms with Crippen molar-refractivity contribution in [1.29, 1.82) is 0 Å². The molecule has 0 radical (unpaired) electrons. The van der Waals surface area contributed by atoms with Crippen LogP contribution >= 0.6 is 0 Å². The van der Waals surface area contributed by atoms with Crippen LogP contribution in [0.3, 0.4) is 0 Å². The van der Waals surface area contributed by atoms with E-state index in [1.165, 1.54) is 25.0 Å². The molecule has 1 atom stereocenters. The number of ether oxygens (including phenoxy) is 2. The fourth-order valence-corrected chi connectivity index (χ4v) is 2.50. The van der Waals surface area contributed by atoms with Gasteiger partial charge in [-0.3, -0.25) is 0 Å². The molecule has 3 nitrogen and oxygen atoms in total. The first-order valence-electron chi connectivity index (χ1n) is 6.38. The molecule has 100 valence electrons. The van der Waals surface area contributed by atoms with E-state index in [9.17, 15) is 4.39 Å². The highest BCUT2D eigenvalue weighted by molar-refractivity contribution is 5.46. The number of piperidine rings is 1. The van der Waals surface area contributed by atoms with Crippen LogP contribution in [-0.2, 0) is 6.42 Å². The van der Waals surface area contributed by atoms with Gasteiger partial charge in [0.25, 0.3) is 0 Å². The smallest absolute Gasteiger partial charge is 0.130 e. The number of rotatable bonds is 4. The molecule has 1 fully saturated rings. The van der Waals surface area contributed by atoms with E-state index in [4.69, 9.17) is 9.47 Å². The summed E-state index contributed by atoms with van der Waals surface area (Å²) in [6.45, 7) is 1.05. The van der Waals surface area contributed by atoms with Gasteiger partial charge in [0.05, 0.1) is 14.2 Å². The molecule has 1 N–H and O–H groups in total. The Morgan fingerprint density at radius 1 is 1.22 bits per heavy atom. The van der Waals surface area contributed by atoms with Crippen molar-refractivity contribution in [2.75, 3.05) is 20.8 Å². The molecule has 0 aromatic heterocycles. The van der Waals surface area contributed by atoms with Crippen molar-refractivity contribution < 1.29 is 13.9 Å². The average Bonchev–Trinajstić information content (AvgIpc) is 2.41. The highest BCUT2D eigenvalue weighted by Gasteiger charge is 2.19. The summed E-state index contributed by atoms with van der Waals surface area (Å²) in [6, 6.07) is 3.26. The fourth-order valence-electron chi connectivity index (χ4n) is 2.50. The lowest BCUT2D eigenvalue weighted by Crippen LogP contribution is -2.35. The number of nitrogens with one attached hydrogen (secondary N) is 1. The van der Waals surface area contributed by atoms with Crippen molar-refractivity contribution in [3.05, 3.63) is 23.5 Å². The van der Waals surface area contributed by atoms with Crippen LogP contribution in [0.5, 0.6) is 11.5 Å². The van der Waals surface area contributed by atoms with E-state index < -0.39 is 0 Å². The maximum atomic E-state index is 13.4. The van der Waals surface area contributed by atoms with Gasteiger partial charge in [0.1, 0.15) is 17.3 Å². The van der Waals surface area contributed by atoms with Gasteiger partial charge in [0.2, 0.25) is 0 Å². The van der Waals surface area contributed by atoms with Crippen molar-refractivity contribution in [3.63, 3.8) is 0 Å². The van der Waals surface area contributed by atoms with E-state index in [1.54, 1.807) is 14.2 Å². The first kappa shape index (κ1) is 13.1. The zero-order valence-corrected chi connectivity index (χ0v) is 11.0. The van der Waals surface area contributed by atoms with Gasteiger partial charge < -0.3 is 14.8 Å². The van der Waals surface area contributed by atoms with Gasteiger partial charge in [-0.1, -0.05) is 6.42 Å². The summed E-state index contributed by atoms with van der Waals surface area (Å²) in [5.41, 5.74) is 0.945. The summed E-state index contributed by atoms with van der Waals surface area (Å²) in [6.07, 6.45) is 4.42. The molecule has 0 aliphatic carbocycles. The van der Waals surface area contributed by atoms with Crippen molar-refractivity contribution in [2.24, 2.45) is 0 Å². The Morgan fingerprint density at radius 2 is 1.89 bits per heavy atom. The van der Waals surface area contributed by atoms with Gasteiger partial charge in [0, 0.05) is 23.7 Å². The van der Waals surface area contributed by atoms with Crippen LogP contribution in [0.1, 0.15) is 24.8 Å². The minimum Gasteiger partial charge on any atom is -0.496 e. The third kappa shape index (κ3) is 2.93. The molecule has 0 saturated carbocycles. The van der Waals surface area contributed by atoms with E-state index >= 15 is 0 Å². The van der Waals surface area contributed by atoms with Crippen LogP contribution in [-0.4, -0.2) is 26.8 Å². The standard InChI is InChI=1S/C14H20FNO2/c1-17-13-7-10(15)8-14(18-2)12(13)9-11-5-3-4-6-16-11/h7-8,11,16H,3-6,9H2,1-2H3. The third-order valence-electron chi connectivity index (χ3n) is 3.44. The lowest BCUT2D eigenvalue weighted by atomic mass is 9.96. The molecule has 1 aromatic carbocycles. The van der Waals surface area contributed by atoms with Crippen molar-refractivity contribution in [3.8, 4) is 11.5 Å². The quantitative estimate of drug-likeness (QED) is 0.894. The third-order valence-corrected chi connectivity index (χ3v) is 3.44. The fraction of sp³-hybridized carbons (Fsp3) is 0.571. The summed E-state index contributed by atoms with van der Waals surface area (Å²) in [5.74, 6) is 0.808. The van der Waals surface area contributed by atoms with Gasteiger partial charge in [-0.2, -0.15) is 0 Å². The number of hydrogen-bond donors (Lipinski definition) is 1. The van der Waals surface area contributed by atoms with Gasteiger partial charge in [-0.05, 0) is 25.8 Å². The maximum Gasteiger partial charge on any atom is 0.130 e. The summed E-state index contributed by atoms with van der Waals surface area (Å²) in [5, 5.41) is 3.48. The highest BCUT2D eigenvalue weighted by Crippen LogP contribution is 2.32. The molecule has 1 saturated heterocycles. The Labute approximate surface area is 107 Å². The SMILES string of the molecule is COc1cc(F)cc(OC)c1CC1CCCCN1. The molecule has 4 heteroatoms. The second-order valence-electron chi connectivity index (χ2n) is 4.64. The summed E-state index contributed by atoms with van der Waals surface area (Å²) in [7, 11) is 3.12. The molecular weight excluding hydrogens is 233 g/mol. The van der Waals surface area contributed by atoms with Gasteiger partial charge in [0.15, 0.2) is 0 Å². The van der Waals surface area contributed by atoms with E-state index in [-0.39, 0.29) is 5.82 Å². The summed E-state index contributed by atoms with van der Waals surface area (Å²) < 4.78 is 23.9. The highest BCUT2D eigenvalue weighted by atomic mass is 19.1. The number of hydrogen-bond acceptors (Lipinski definition) is 3. The zero-order chi connectivity index (χ0) is 13.0. The van der Waals surface area contributed by atoms with Gasteiger partial charge >= 0.3 is 0 Å². The zero-order valence-electron chi connectivity index (χ0n) is 11.0. The Kier molecular flexibility index (Phi) is 4.42. The van der Waals surface area contributed by atoms with Crippen LogP contribution in [0, 0.1) is 5.82 Å². The minimum absolute atomic E-state index is 0.330. The van der Waals surface area contributed by atoms with Crippen molar-refractivity contribution in [2.45, 2.75) is 31.7 Å². The van der Waals surface area contributed by atoms with Gasteiger partial charge in [-0.15, -0.1) is 0 Å². The molecule has 1 unspecified atom stereocenters. The molecule has 0 spiro atoms. The molecule has 1 aliphatic rings. The Bertz CT molecular complexity index is 378. The average molecular weight is 253 g/mol. The first-order chi connectivity index (χ1) is 8.74. The second kappa shape index (κ2) is 6.05. The molecule has 0 bridgehead atoms. The monoisotopic (exact) mass is 253 g/mol. The van der Waals surface area contributed by atoms with Crippen LogP contribution in [0.2, 0.25) is 0 Å². The molecular formula is C14H20FNO2. The Hall–Kier alpha value is -1.29. The number of methoxy groups -OCH3 is 2. The minimum atomic E-state index is -0.330. The van der Waals surface area contributed by atoms with Crippen LogP contribution in [0.15, 0.2) is 12.1 Å². The second-order valence-corrected chi connectivity index (χ2v) is 4.64. The molecule has 18 heavy (non-hydrogen) atoms. The summed E-state index contributed by atoms with van der Waals surface area (Å²) in [4.78, 5) is 0. The number of halogens is 1. The predicted octanol–water partition coefficient (Wildman–Crippen LogP) is 2.53. The van der Waals surface area contributed by atoms with Crippen molar-refractivity contribution in [1.82, 2.24) is 5.32 Å². The molecule has 1 heterocycles. The Balaban J connectivity index is 2.23. The van der Waals surface area contributed by atoms with E-state index in [0.717, 1.165) is 24.9 Å². The first-order valence-corrected chi connectivity index (χ1v) is 6.38. The van der Waals surface area contributed by atoms with Crippen molar-refractivity contribution >= 4 is 0 Å². The molecule has 2 rings (SSSR count).